The van der Waals surface area contributed by atoms with Crippen LogP contribution in [-0.4, -0.2) is 22.6 Å². The number of halogens is 1. The van der Waals surface area contributed by atoms with Crippen molar-refractivity contribution in [2.75, 3.05) is 16.8 Å². The molecule has 2 aromatic heterocycles. The van der Waals surface area contributed by atoms with Gasteiger partial charge < -0.3 is 19.2 Å². The van der Waals surface area contributed by atoms with Gasteiger partial charge >= 0.3 is 0 Å². The number of benzene rings is 1. The Morgan fingerprint density at radius 1 is 1.33 bits per heavy atom. The summed E-state index contributed by atoms with van der Waals surface area (Å²) in [5, 5.41) is 6.59. The number of carbonyl (C=O) groups excluding carboxylic acids is 1. The fourth-order valence-corrected chi connectivity index (χ4v) is 2.61. The van der Waals surface area contributed by atoms with Crippen LogP contribution in [0.15, 0.2) is 45.5 Å². The van der Waals surface area contributed by atoms with Gasteiger partial charge in [0, 0.05) is 13.0 Å². The normalized spacial score (nSPS) is 14.2. The van der Waals surface area contributed by atoms with Crippen molar-refractivity contribution in [3.63, 3.8) is 0 Å². The number of nitrogens with one attached hydrogen (secondary N) is 1. The Kier molecular flexibility index (Phi) is 3.49. The van der Waals surface area contributed by atoms with Crippen molar-refractivity contribution in [3.05, 3.63) is 48.3 Å². The Hall–Kier alpha value is -3.16. The molecule has 0 aliphatic carbocycles. The maximum Gasteiger partial charge on any atom is 0.246 e. The van der Waals surface area contributed by atoms with Crippen LogP contribution in [-0.2, 0) is 11.3 Å². The minimum atomic E-state index is -0.409. The molecule has 7 nitrogen and oxygen atoms in total. The first kappa shape index (κ1) is 14.4. The lowest BCUT2D eigenvalue weighted by atomic mass is 10.2. The number of anilines is 2. The third-order valence-corrected chi connectivity index (χ3v) is 3.72. The summed E-state index contributed by atoms with van der Waals surface area (Å²) in [4.78, 5) is 18.0. The summed E-state index contributed by atoms with van der Waals surface area (Å²) < 4.78 is 23.9. The van der Waals surface area contributed by atoms with Gasteiger partial charge in [-0.2, -0.15) is 4.98 Å². The Bertz CT molecular complexity index is 875. The number of nitrogens with zero attached hydrogens (tertiary/aromatic N) is 3. The lowest BCUT2D eigenvalue weighted by molar-refractivity contribution is -0.115. The van der Waals surface area contributed by atoms with Crippen LogP contribution >= 0.6 is 0 Å². The van der Waals surface area contributed by atoms with Crippen LogP contribution in [0.2, 0.25) is 0 Å². The van der Waals surface area contributed by atoms with Gasteiger partial charge in [0.1, 0.15) is 5.82 Å². The monoisotopic (exact) mass is 328 g/mol. The van der Waals surface area contributed by atoms with E-state index in [4.69, 9.17) is 8.94 Å². The van der Waals surface area contributed by atoms with Gasteiger partial charge in [-0.3, -0.25) is 4.79 Å². The molecule has 1 aromatic carbocycles. The minimum absolute atomic E-state index is 0.161. The molecule has 3 heterocycles. The average molecular weight is 328 g/mol. The number of hydrogen-bond acceptors (Lipinski definition) is 6. The van der Waals surface area contributed by atoms with Crippen LogP contribution in [0.4, 0.5) is 15.8 Å². The van der Waals surface area contributed by atoms with Crippen LogP contribution in [0.3, 0.4) is 0 Å². The summed E-state index contributed by atoms with van der Waals surface area (Å²) >= 11 is 0. The van der Waals surface area contributed by atoms with E-state index in [1.807, 2.05) is 4.90 Å². The van der Waals surface area contributed by atoms with Gasteiger partial charge in [0.05, 0.1) is 24.2 Å². The zero-order chi connectivity index (χ0) is 16.5. The molecule has 24 heavy (non-hydrogen) atoms. The molecule has 0 saturated carbocycles. The van der Waals surface area contributed by atoms with E-state index in [9.17, 15) is 9.18 Å². The number of amides is 1. The second kappa shape index (κ2) is 5.80. The molecule has 0 fully saturated rings. The van der Waals surface area contributed by atoms with Gasteiger partial charge in [0.25, 0.3) is 0 Å². The van der Waals surface area contributed by atoms with E-state index in [0.29, 0.717) is 41.9 Å². The Labute approximate surface area is 136 Å². The maximum absolute atomic E-state index is 13.4. The first-order chi connectivity index (χ1) is 11.7. The molecule has 0 radical (unpaired) electrons. The van der Waals surface area contributed by atoms with E-state index >= 15 is 0 Å². The van der Waals surface area contributed by atoms with Crippen molar-refractivity contribution in [2.45, 2.75) is 13.0 Å². The van der Waals surface area contributed by atoms with Crippen molar-refractivity contribution >= 4 is 17.3 Å². The lowest BCUT2D eigenvalue weighted by Gasteiger charge is -2.22. The quantitative estimate of drug-likeness (QED) is 0.796. The highest BCUT2D eigenvalue weighted by molar-refractivity contribution is 5.96. The molecule has 0 spiro atoms. The van der Waals surface area contributed by atoms with E-state index in [1.54, 1.807) is 18.2 Å². The SMILES string of the molecule is O=C1CCN(Cc2nc(-c3ccco3)no2)c2ccc(F)cc2N1. The van der Waals surface area contributed by atoms with Crippen molar-refractivity contribution in [3.8, 4) is 11.6 Å². The first-order valence-corrected chi connectivity index (χ1v) is 7.40. The fraction of sp³-hybridized carbons (Fsp3) is 0.188. The molecule has 3 aromatic rings. The number of carbonyl (C=O) groups is 1. The molecule has 122 valence electrons. The topological polar surface area (TPSA) is 84.4 Å². The third kappa shape index (κ3) is 2.73. The highest BCUT2D eigenvalue weighted by Gasteiger charge is 2.22. The Morgan fingerprint density at radius 2 is 2.25 bits per heavy atom. The predicted molar refractivity (Wildman–Crippen MR) is 82.7 cm³/mol. The average Bonchev–Trinajstić information content (AvgIpc) is 3.20. The van der Waals surface area contributed by atoms with Crippen LogP contribution in [0.1, 0.15) is 12.3 Å². The molecule has 0 unspecified atom stereocenters. The molecule has 1 N–H and O–H groups in total. The number of hydrogen-bond donors (Lipinski definition) is 1. The number of aromatic nitrogens is 2. The second-order valence-electron chi connectivity index (χ2n) is 5.37. The fourth-order valence-electron chi connectivity index (χ4n) is 2.61. The zero-order valence-corrected chi connectivity index (χ0v) is 12.5. The third-order valence-electron chi connectivity index (χ3n) is 3.72. The van der Waals surface area contributed by atoms with E-state index in [1.165, 1.54) is 18.4 Å². The van der Waals surface area contributed by atoms with Crippen LogP contribution in [0.25, 0.3) is 11.6 Å². The van der Waals surface area contributed by atoms with Gasteiger partial charge in [0.15, 0.2) is 5.76 Å². The molecule has 8 heteroatoms. The highest BCUT2D eigenvalue weighted by Crippen LogP contribution is 2.30. The summed E-state index contributed by atoms with van der Waals surface area (Å²) in [7, 11) is 0. The molecule has 0 saturated heterocycles. The molecule has 1 aliphatic heterocycles. The second-order valence-corrected chi connectivity index (χ2v) is 5.37. The zero-order valence-electron chi connectivity index (χ0n) is 12.5. The van der Waals surface area contributed by atoms with Crippen molar-refractivity contribution in [1.29, 1.82) is 0 Å². The smallest absolute Gasteiger partial charge is 0.246 e. The van der Waals surface area contributed by atoms with E-state index in [-0.39, 0.29) is 12.3 Å². The van der Waals surface area contributed by atoms with E-state index < -0.39 is 5.82 Å². The van der Waals surface area contributed by atoms with Gasteiger partial charge in [-0.1, -0.05) is 5.16 Å². The van der Waals surface area contributed by atoms with Gasteiger partial charge in [0.2, 0.25) is 17.6 Å². The standard InChI is InChI=1S/C16H13FN4O3/c17-10-3-4-12-11(8-10)18-14(22)5-6-21(12)9-15-19-16(20-24-15)13-2-1-7-23-13/h1-4,7-8H,5-6,9H2,(H,18,22). The molecule has 1 aliphatic rings. The molecular formula is C16H13FN4O3. The van der Waals surface area contributed by atoms with E-state index in [2.05, 4.69) is 15.5 Å². The van der Waals surface area contributed by atoms with E-state index in [0.717, 1.165) is 0 Å². The molecule has 0 bridgehead atoms. The number of rotatable bonds is 3. The first-order valence-electron chi connectivity index (χ1n) is 7.40. The molecule has 0 atom stereocenters. The molecule has 1 amide bonds. The molecular weight excluding hydrogens is 315 g/mol. The van der Waals surface area contributed by atoms with Crippen molar-refractivity contribution in [2.24, 2.45) is 0 Å². The lowest BCUT2D eigenvalue weighted by Crippen LogP contribution is -2.24. The summed E-state index contributed by atoms with van der Waals surface area (Å²) in [6.07, 6.45) is 1.82. The van der Waals surface area contributed by atoms with Gasteiger partial charge in [-0.15, -0.1) is 0 Å². The summed E-state index contributed by atoms with van der Waals surface area (Å²) in [5.74, 6) is 0.685. The Balaban J connectivity index is 1.61. The summed E-state index contributed by atoms with van der Waals surface area (Å²) in [6.45, 7) is 0.768. The minimum Gasteiger partial charge on any atom is -0.461 e. The summed E-state index contributed by atoms with van der Waals surface area (Å²) in [5.41, 5.74) is 1.14. The van der Waals surface area contributed by atoms with Crippen LogP contribution < -0.4 is 10.2 Å². The highest BCUT2D eigenvalue weighted by atomic mass is 19.1. The molecule has 4 rings (SSSR count). The maximum atomic E-state index is 13.4. The van der Waals surface area contributed by atoms with Crippen LogP contribution in [0, 0.1) is 5.82 Å². The van der Waals surface area contributed by atoms with Crippen molar-refractivity contribution < 1.29 is 18.1 Å². The van der Waals surface area contributed by atoms with Crippen LogP contribution in [0.5, 0.6) is 0 Å². The van der Waals surface area contributed by atoms with Gasteiger partial charge in [-0.05, 0) is 30.3 Å². The summed E-state index contributed by atoms with van der Waals surface area (Å²) in [6, 6.07) is 7.75. The Morgan fingerprint density at radius 3 is 3.08 bits per heavy atom. The predicted octanol–water partition coefficient (Wildman–Crippen LogP) is 2.82. The van der Waals surface area contributed by atoms with Crippen molar-refractivity contribution in [1.82, 2.24) is 10.1 Å². The van der Waals surface area contributed by atoms with Gasteiger partial charge in [-0.25, -0.2) is 4.39 Å². The number of fused-ring (bicyclic) bond motifs is 1. The number of furan rings is 1. The largest absolute Gasteiger partial charge is 0.461 e.